The second-order valence-corrected chi connectivity index (χ2v) is 4.57. The Balaban J connectivity index is 1.87. The molecule has 0 radical (unpaired) electrons. The molecule has 6 nitrogen and oxygen atoms in total. The van der Waals surface area contributed by atoms with Gasteiger partial charge < -0.3 is 19.6 Å². The van der Waals surface area contributed by atoms with Crippen LogP contribution in [0.1, 0.15) is 16.1 Å². The molecular formula is C15H11N2O4S-. The quantitative estimate of drug-likeness (QED) is 0.650. The van der Waals surface area contributed by atoms with Gasteiger partial charge in [-0.15, -0.1) is 0 Å². The first-order chi connectivity index (χ1) is 10.5. The van der Waals surface area contributed by atoms with E-state index in [4.69, 9.17) is 16.6 Å². The van der Waals surface area contributed by atoms with Crippen LogP contribution in [0.15, 0.2) is 53.2 Å². The Kier molecular flexibility index (Phi) is 5.05. The highest BCUT2D eigenvalue weighted by Gasteiger charge is 2.02. The Bertz CT molecular complexity index is 706. The van der Waals surface area contributed by atoms with E-state index in [0.717, 1.165) is 0 Å². The lowest BCUT2D eigenvalue weighted by atomic mass is 10.2. The first-order valence-electron chi connectivity index (χ1n) is 6.19. The number of thiocarbonyl (C=S) groups is 1. The number of anilines is 1. The molecule has 1 aromatic carbocycles. The van der Waals surface area contributed by atoms with Gasteiger partial charge in [0.2, 0.25) is 5.91 Å². The number of rotatable bonds is 4. The van der Waals surface area contributed by atoms with Crippen molar-refractivity contribution in [2.45, 2.75) is 0 Å². The van der Waals surface area contributed by atoms with E-state index < -0.39 is 11.9 Å². The van der Waals surface area contributed by atoms with Crippen LogP contribution in [0.3, 0.4) is 0 Å². The van der Waals surface area contributed by atoms with Crippen LogP contribution in [0, 0.1) is 0 Å². The summed E-state index contributed by atoms with van der Waals surface area (Å²) in [6, 6.07) is 9.20. The fourth-order valence-electron chi connectivity index (χ4n) is 1.55. The predicted molar refractivity (Wildman–Crippen MR) is 82.9 cm³/mol. The van der Waals surface area contributed by atoms with Crippen LogP contribution < -0.4 is 15.7 Å². The summed E-state index contributed by atoms with van der Waals surface area (Å²) < 4.78 is 5.05. The minimum Gasteiger partial charge on any atom is -0.545 e. The number of nitrogens with one attached hydrogen (secondary N) is 2. The van der Waals surface area contributed by atoms with Crippen LogP contribution >= 0.6 is 12.2 Å². The molecule has 2 N–H and O–H groups in total. The molecule has 0 bridgehead atoms. The number of furan rings is 1. The highest BCUT2D eigenvalue weighted by atomic mass is 32.1. The molecule has 2 rings (SSSR count). The van der Waals surface area contributed by atoms with E-state index >= 15 is 0 Å². The predicted octanol–water partition coefficient (Wildman–Crippen LogP) is 1.17. The molecule has 1 heterocycles. The first-order valence-corrected chi connectivity index (χ1v) is 6.60. The van der Waals surface area contributed by atoms with E-state index in [2.05, 4.69) is 10.6 Å². The maximum atomic E-state index is 11.6. The van der Waals surface area contributed by atoms with Crippen molar-refractivity contribution < 1.29 is 19.1 Å². The average molecular weight is 315 g/mol. The van der Waals surface area contributed by atoms with Gasteiger partial charge in [-0.2, -0.15) is 0 Å². The zero-order valence-electron chi connectivity index (χ0n) is 11.2. The number of amides is 1. The lowest BCUT2D eigenvalue weighted by Crippen LogP contribution is -2.32. The van der Waals surface area contributed by atoms with Gasteiger partial charge >= 0.3 is 0 Å². The van der Waals surface area contributed by atoms with Crippen molar-refractivity contribution in [2.24, 2.45) is 0 Å². The maximum absolute atomic E-state index is 11.6. The molecule has 0 atom stereocenters. The molecular weight excluding hydrogens is 304 g/mol. The van der Waals surface area contributed by atoms with E-state index in [-0.39, 0.29) is 10.7 Å². The Morgan fingerprint density at radius 3 is 2.50 bits per heavy atom. The SMILES string of the molecule is O=C(/C=C/c1ccco1)NC(=S)Nc1ccc(C(=O)[O-])cc1. The minimum atomic E-state index is -1.26. The Morgan fingerprint density at radius 2 is 1.91 bits per heavy atom. The number of aromatic carboxylic acids is 1. The smallest absolute Gasteiger partial charge is 0.250 e. The second kappa shape index (κ2) is 7.19. The fourth-order valence-corrected chi connectivity index (χ4v) is 1.77. The van der Waals surface area contributed by atoms with Gasteiger partial charge in [0.1, 0.15) is 5.76 Å². The Labute approximate surface area is 131 Å². The van der Waals surface area contributed by atoms with Crippen molar-refractivity contribution in [3.05, 3.63) is 60.1 Å². The molecule has 0 fully saturated rings. The van der Waals surface area contributed by atoms with Crippen LogP contribution in [0.4, 0.5) is 5.69 Å². The molecule has 0 saturated heterocycles. The highest BCUT2D eigenvalue weighted by molar-refractivity contribution is 7.80. The summed E-state index contributed by atoms with van der Waals surface area (Å²) >= 11 is 4.98. The normalized spacial score (nSPS) is 10.4. The third-order valence-corrected chi connectivity index (χ3v) is 2.76. The van der Waals surface area contributed by atoms with Crippen molar-refractivity contribution >= 4 is 41.0 Å². The lowest BCUT2D eigenvalue weighted by molar-refractivity contribution is -0.255. The molecule has 0 aliphatic heterocycles. The van der Waals surface area contributed by atoms with Gasteiger partial charge in [0, 0.05) is 11.8 Å². The van der Waals surface area contributed by atoms with Crippen molar-refractivity contribution in [3.63, 3.8) is 0 Å². The van der Waals surface area contributed by atoms with Crippen molar-refractivity contribution in [2.75, 3.05) is 5.32 Å². The van der Waals surface area contributed by atoms with E-state index in [0.29, 0.717) is 11.4 Å². The molecule has 112 valence electrons. The number of benzene rings is 1. The number of carbonyl (C=O) groups excluding carboxylic acids is 2. The fraction of sp³-hybridized carbons (Fsp3) is 0. The van der Waals surface area contributed by atoms with Crippen LogP contribution in [-0.4, -0.2) is 17.0 Å². The minimum absolute atomic E-state index is 0.0573. The summed E-state index contributed by atoms with van der Waals surface area (Å²) in [6.07, 6.45) is 4.29. The Morgan fingerprint density at radius 1 is 1.18 bits per heavy atom. The van der Waals surface area contributed by atoms with Crippen LogP contribution in [0.2, 0.25) is 0 Å². The van der Waals surface area contributed by atoms with Gasteiger partial charge in [-0.1, -0.05) is 12.1 Å². The third kappa shape index (κ3) is 4.57. The van der Waals surface area contributed by atoms with Gasteiger partial charge in [-0.3, -0.25) is 10.1 Å². The zero-order valence-corrected chi connectivity index (χ0v) is 12.1. The molecule has 2 aromatic rings. The van der Waals surface area contributed by atoms with E-state index in [1.807, 2.05) is 0 Å². The summed E-state index contributed by atoms with van der Waals surface area (Å²) in [5.74, 6) is -1.13. The number of carboxylic acid groups (broad SMARTS) is 1. The topological polar surface area (TPSA) is 94.4 Å². The molecule has 0 aliphatic rings. The van der Waals surface area contributed by atoms with E-state index in [1.165, 1.54) is 42.7 Å². The van der Waals surface area contributed by atoms with Crippen molar-refractivity contribution in [3.8, 4) is 0 Å². The number of hydrogen-bond acceptors (Lipinski definition) is 5. The largest absolute Gasteiger partial charge is 0.545 e. The lowest BCUT2D eigenvalue weighted by Gasteiger charge is -2.09. The van der Waals surface area contributed by atoms with Gasteiger partial charge in [-0.25, -0.2) is 0 Å². The van der Waals surface area contributed by atoms with Gasteiger partial charge in [0.25, 0.3) is 0 Å². The van der Waals surface area contributed by atoms with E-state index in [1.54, 1.807) is 12.1 Å². The van der Waals surface area contributed by atoms with E-state index in [9.17, 15) is 14.7 Å². The third-order valence-electron chi connectivity index (χ3n) is 2.56. The van der Waals surface area contributed by atoms with Crippen LogP contribution in [0.25, 0.3) is 6.08 Å². The molecule has 22 heavy (non-hydrogen) atoms. The Hall–Kier alpha value is -2.93. The molecule has 0 spiro atoms. The monoisotopic (exact) mass is 315 g/mol. The number of carbonyl (C=O) groups is 2. The molecule has 0 saturated carbocycles. The standard InChI is InChI=1S/C15H12N2O4S/c18-13(8-7-12-2-1-9-21-12)17-15(22)16-11-5-3-10(4-6-11)14(19)20/h1-9H,(H,19,20)(H2,16,17,18,22)/p-1/b8-7+. The summed E-state index contributed by atoms with van der Waals surface area (Å²) in [7, 11) is 0. The summed E-state index contributed by atoms with van der Waals surface area (Å²) in [4.78, 5) is 22.2. The summed E-state index contributed by atoms with van der Waals surface area (Å²) in [5.41, 5.74) is 0.604. The van der Waals surface area contributed by atoms with Crippen LogP contribution in [0.5, 0.6) is 0 Å². The molecule has 1 amide bonds. The molecule has 7 heteroatoms. The second-order valence-electron chi connectivity index (χ2n) is 4.16. The summed E-state index contributed by atoms with van der Waals surface area (Å²) in [5, 5.41) is 15.9. The van der Waals surface area contributed by atoms with Gasteiger partial charge in [-0.05, 0) is 48.1 Å². The van der Waals surface area contributed by atoms with Gasteiger partial charge in [0.05, 0.1) is 12.2 Å². The average Bonchev–Trinajstić information content (AvgIpc) is 2.99. The molecule has 1 aromatic heterocycles. The number of carboxylic acids is 1. The summed E-state index contributed by atoms with van der Waals surface area (Å²) in [6.45, 7) is 0. The van der Waals surface area contributed by atoms with Crippen molar-refractivity contribution in [1.82, 2.24) is 5.32 Å². The van der Waals surface area contributed by atoms with Gasteiger partial charge in [0.15, 0.2) is 5.11 Å². The molecule has 0 unspecified atom stereocenters. The van der Waals surface area contributed by atoms with Crippen molar-refractivity contribution in [1.29, 1.82) is 0 Å². The first kappa shape index (κ1) is 15.5. The zero-order chi connectivity index (χ0) is 15.9. The highest BCUT2D eigenvalue weighted by Crippen LogP contribution is 2.08. The number of hydrogen-bond donors (Lipinski definition) is 2. The van der Waals surface area contributed by atoms with Crippen LogP contribution in [-0.2, 0) is 4.79 Å². The maximum Gasteiger partial charge on any atom is 0.250 e. The molecule has 0 aliphatic carbocycles.